The minimum absolute atomic E-state index is 0.342. The number of methoxy groups -OCH3 is 1. The Morgan fingerprint density at radius 2 is 2.27 bits per heavy atom. The first-order chi connectivity index (χ1) is 12.6. The molecule has 6 heteroatoms. The summed E-state index contributed by atoms with van der Waals surface area (Å²) < 4.78 is 11.5. The fraction of sp³-hybridized carbons (Fsp3) is 0.400. The number of rotatable bonds is 3. The van der Waals surface area contributed by atoms with E-state index in [1.165, 1.54) is 5.56 Å². The highest BCUT2D eigenvalue weighted by Gasteiger charge is 2.42. The Morgan fingerprint density at radius 1 is 1.38 bits per heavy atom. The van der Waals surface area contributed by atoms with E-state index in [2.05, 4.69) is 30.1 Å². The number of aromatic nitrogens is 1. The Hall–Kier alpha value is -2.21. The summed E-state index contributed by atoms with van der Waals surface area (Å²) in [5.41, 5.74) is 8.95. The van der Waals surface area contributed by atoms with Crippen molar-refractivity contribution in [2.24, 2.45) is 16.6 Å². The van der Waals surface area contributed by atoms with Gasteiger partial charge in [-0.05, 0) is 43.2 Å². The topological polar surface area (TPSA) is 69.7 Å². The summed E-state index contributed by atoms with van der Waals surface area (Å²) in [6, 6.07) is 10.2. The van der Waals surface area contributed by atoms with E-state index in [9.17, 15) is 0 Å². The lowest BCUT2D eigenvalue weighted by Crippen LogP contribution is -2.37. The lowest BCUT2D eigenvalue weighted by atomic mass is 9.78. The quantitative estimate of drug-likeness (QED) is 0.898. The zero-order chi connectivity index (χ0) is 18.1. The van der Waals surface area contributed by atoms with E-state index in [0.29, 0.717) is 17.5 Å². The van der Waals surface area contributed by atoms with Crippen LogP contribution in [-0.2, 0) is 12.0 Å². The third kappa shape index (κ3) is 3.03. The molecule has 0 radical (unpaired) electrons. The maximum Gasteiger partial charge on any atom is 0.154 e. The monoisotopic (exact) mass is 369 g/mol. The number of ether oxygens (including phenoxy) is 2. The minimum atomic E-state index is -0.342. The first-order valence-corrected chi connectivity index (χ1v) is 9.81. The molecule has 26 heavy (non-hydrogen) atoms. The molecular formula is C20H23N3O2S. The second-order valence-electron chi connectivity index (χ2n) is 6.90. The van der Waals surface area contributed by atoms with Gasteiger partial charge in [-0.15, -0.1) is 0 Å². The number of aliphatic imine (C=N–C) groups is 1. The van der Waals surface area contributed by atoms with Gasteiger partial charge in [0.1, 0.15) is 11.5 Å². The zero-order valence-electron chi connectivity index (χ0n) is 15.1. The molecule has 1 aromatic carbocycles. The lowest BCUT2D eigenvalue weighted by Gasteiger charge is -2.36. The van der Waals surface area contributed by atoms with Crippen LogP contribution in [0, 0.1) is 5.92 Å². The van der Waals surface area contributed by atoms with Crippen LogP contribution in [-0.4, -0.2) is 29.6 Å². The molecule has 0 fully saturated rings. The van der Waals surface area contributed by atoms with Crippen LogP contribution in [0.4, 0.5) is 0 Å². The van der Waals surface area contributed by atoms with Crippen LogP contribution in [0.1, 0.15) is 30.2 Å². The van der Waals surface area contributed by atoms with Gasteiger partial charge >= 0.3 is 0 Å². The summed E-state index contributed by atoms with van der Waals surface area (Å²) in [6.45, 7) is 2.90. The molecule has 136 valence electrons. The van der Waals surface area contributed by atoms with Crippen LogP contribution >= 0.6 is 11.8 Å². The summed E-state index contributed by atoms with van der Waals surface area (Å²) in [5, 5.41) is 0.661. The highest BCUT2D eigenvalue weighted by atomic mass is 32.2. The molecule has 2 aromatic rings. The highest BCUT2D eigenvalue weighted by molar-refractivity contribution is 8.13. The second kappa shape index (κ2) is 6.83. The van der Waals surface area contributed by atoms with Gasteiger partial charge in [0.2, 0.25) is 0 Å². The van der Waals surface area contributed by atoms with Gasteiger partial charge in [-0.1, -0.05) is 17.8 Å². The van der Waals surface area contributed by atoms with Crippen molar-refractivity contribution in [2.45, 2.75) is 25.3 Å². The Labute approximate surface area is 158 Å². The number of amidine groups is 1. The van der Waals surface area contributed by atoms with Crippen molar-refractivity contribution in [3.63, 3.8) is 0 Å². The van der Waals surface area contributed by atoms with E-state index in [1.807, 2.05) is 12.1 Å². The van der Waals surface area contributed by atoms with Crippen LogP contribution in [0.25, 0.3) is 0 Å². The molecule has 2 N–H and O–H groups in total. The van der Waals surface area contributed by atoms with E-state index >= 15 is 0 Å². The Balaban J connectivity index is 1.75. The van der Waals surface area contributed by atoms with Crippen molar-refractivity contribution in [1.82, 2.24) is 4.98 Å². The van der Waals surface area contributed by atoms with Gasteiger partial charge in [0, 0.05) is 29.9 Å². The number of hydrogen-bond acceptors (Lipinski definition) is 6. The first kappa shape index (κ1) is 17.2. The van der Waals surface area contributed by atoms with Gasteiger partial charge in [-0.25, -0.2) is 0 Å². The number of nitrogens with zero attached hydrogens (tertiary/aromatic N) is 2. The number of pyridine rings is 1. The summed E-state index contributed by atoms with van der Waals surface area (Å²) in [6.07, 6.45) is 3.48. The second-order valence-corrected chi connectivity index (χ2v) is 7.94. The molecule has 0 spiro atoms. The Morgan fingerprint density at radius 3 is 3.12 bits per heavy atom. The molecule has 2 aliphatic rings. The van der Waals surface area contributed by atoms with Gasteiger partial charge in [0.15, 0.2) is 5.17 Å². The molecular weight excluding hydrogens is 346 g/mol. The summed E-state index contributed by atoms with van der Waals surface area (Å²) in [5.74, 6) is 3.11. The third-order valence-electron chi connectivity index (χ3n) is 5.32. The summed E-state index contributed by atoms with van der Waals surface area (Å²) in [4.78, 5) is 9.34. The van der Waals surface area contributed by atoms with E-state index in [-0.39, 0.29) is 5.54 Å². The van der Waals surface area contributed by atoms with Crippen molar-refractivity contribution < 1.29 is 9.47 Å². The van der Waals surface area contributed by atoms with E-state index in [4.69, 9.17) is 20.2 Å². The largest absolute Gasteiger partial charge is 0.495 e. The van der Waals surface area contributed by atoms with E-state index in [0.717, 1.165) is 41.5 Å². The molecule has 3 heterocycles. The van der Waals surface area contributed by atoms with Crippen LogP contribution in [0.15, 0.2) is 41.5 Å². The minimum Gasteiger partial charge on any atom is -0.495 e. The molecule has 0 aliphatic carbocycles. The van der Waals surface area contributed by atoms with Gasteiger partial charge in [-0.3, -0.25) is 9.98 Å². The zero-order valence-corrected chi connectivity index (χ0v) is 15.9. The van der Waals surface area contributed by atoms with Crippen LogP contribution < -0.4 is 15.2 Å². The first-order valence-electron chi connectivity index (χ1n) is 8.82. The molecule has 0 saturated heterocycles. The molecule has 0 saturated carbocycles. The molecule has 5 nitrogen and oxygen atoms in total. The SMILES string of the molecule is COc1cccnc1Cc1ccc2c(c1)[C@@]1(C)N=C(N)SC[C@H]1CCO2. The third-order valence-corrected chi connectivity index (χ3v) is 6.28. The maximum atomic E-state index is 6.08. The van der Waals surface area contributed by atoms with Crippen LogP contribution in [0.3, 0.4) is 0 Å². The molecule has 2 atom stereocenters. The average Bonchev–Trinajstić information content (AvgIpc) is 2.78. The van der Waals surface area contributed by atoms with Gasteiger partial charge < -0.3 is 15.2 Å². The van der Waals surface area contributed by atoms with Crippen molar-refractivity contribution in [2.75, 3.05) is 19.5 Å². The number of fused-ring (bicyclic) bond motifs is 3. The molecule has 0 bridgehead atoms. The number of thioether (sulfide) groups is 1. The van der Waals surface area contributed by atoms with Gasteiger partial charge in [0.25, 0.3) is 0 Å². The Kier molecular flexibility index (Phi) is 4.53. The normalized spacial score (nSPS) is 24.5. The van der Waals surface area contributed by atoms with E-state index < -0.39 is 0 Å². The maximum absolute atomic E-state index is 6.08. The fourth-order valence-electron chi connectivity index (χ4n) is 3.80. The summed E-state index contributed by atoms with van der Waals surface area (Å²) in [7, 11) is 1.67. The Bertz CT molecular complexity index is 855. The smallest absolute Gasteiger partial charge is 0.154 e. The molecule has 0 amide bonds. The van der Waals surface area contributed by atoms with Crippen molar-refractivity contribution in [3.05, 3.63) is 53.3 Å². The number of benzene rings is 1. The average molecular weight is 369 g/mol. The standard InChI is InChI=1S/C20H23N3O2S/c1-20-14(12-26-19(21)23-20)7-9-25-17-6-5-13(10-15(17)20)11-16-18(24-2)4-3-8-22-16/h3-6,8,10,14H,7,9,11-12H2,1-2H3,(H2,21,23)/t14-,20+/m1/s1. The van der Waals surface area contributed by atoms with Crippen LogP contribution in [0.5, 0.6) is 11.5 Å². The number of hydrogen-bond donors (Lipinski definition) is 1. The van der Waals surface area contributed by atoms with Crippen molar-refractivity contribution >= 4 is 16.9 Å². The van der Waals surface area contributed by atoms with Gasteiger partial charge in [-0.2, -0.15) is 0 Å². The summed E-state index contributed by atoms with van der Waals surface area (Å²) >= 11 is 1.64. The van der Waals surface area contributed by atoms with E-state index in [1.54, 1.807) is 25.1 Å². The fourth-order valence-corrected chi connectivity index (χ4v) is 4.92. The number of nitrogens with two attached hydrogens (primary N) is 1. The highest BCUT2D eigenvalue weighted by Crippen LogP contribution is 2.47. The van der Waals surface area contributed by atoms with Crippen molar-refractivity contribution in [3.8, 4) is 11.5 Å². The van der Waals surface area contributed by atoms with Gasteiger partial charge in [0.05, 0.1) is 24.9 Å². The molecule has 1 aromatic heterocycles. The molecule has 2 aliphatic heterocycles. The predicted molar refractivity (Wildman–Crippen MR) is 105 cm³/mol. The van der Waals surface area contributed by atoms with Crippen LogP contribution in [0.2, 0.25) is 0 Å². The molecule has 0 unspecified atom stereocenters. The van der Waals surface area contributed by atoms with Crippen molar-refractivity contribution in [1.29, 1.82) is 0 Å². The molecule has 4 rings (SSSR count). The lowest BCUT2D eigenvalue weighted by molar-refractivity contribution is 0.271. The predicted octanol–water partition coefficient (Wildman–Crippen LogP) is 3.36.